The molecule has 2 aromatic rings. The predicted octanol–water partition coefficient (Wildman–Crippen LogP) is 3.71. The van der Waals surface area contributed by atoms with E-state index in [0.29, 0.717) is 29.0 Å². The van der Waals surface area contributed by atoms with Crippen molar-refractivity contribution >= 4 is 23.4 Å². The summed E-state index contributed by atoms with van der Waals surface area (Å²) in [6.45, 7) is 9.74. The molecule has 11 nitrogen and oxygen atoms in total. The average Bonchev–Trinajstić information content (AvgIpc) is 2.76. The van der Waals surface area contributed by atoms with Gasteiger partial charge in [-0.05, 0) is 47.6 Å². The first kappa shape index (κ1) is 27.4. The number of nitriles is 1. The summed E-state index contributed by atoms with van der Waals surface area (Å²) in [6.07, 6.45) is 0.331. The molecule has 0 amide bonds. The minimum atomic E-state index is -0.682. The molecular weight excluding hydrogens is 480 g/mol. The molecule has 0 atom stereocenters. The van der Waals surface area contributed by atoms with Gasteiger partial charge in [-0.25, -0.2) is 9.59 Å². The zero-order chi connectivity index (χ0) is 27.5. The van der Waals surface area contributed by atoms with E-state index in [1.54, 1.807) is 60.7 Å². The molecule has 3 N–H and O–H groups in total. The highest BCUT2D eigenvalue weighted by Crippen LogP contribution is 2.45. The van der Waals surface area contributed by atoms with Crippen LogP contribution in [0, 0.1) is 11.3 Å². The van der Waals surface area contributed by atoms with Crippen molar-refractivity contribution in [2.45, 2.75) is 59.2 Å². The minimum Gasteiger partial charge on any atom is -0.478 e. The Balaban J connectivity index is 1.94. The smallest absolute Gasteiger partial charge is 0.344 e. The van der Waals surface area contributed by atoms with Gasteiger partial charge in [0.25, 0.3) is 0 Å². The maximum absolute atomic E-state index is 12.3. The number of ether oxygens (including phenoxy) is 5. The zero-order valence-electron chi connectivity index (χ0n) is 22.1. The fourth-order valence-electron chi connectivity index (χ4n) is 3.61. The molecule has 3 rings (SSSR count). The van der Waals surface area contributed by atoms with Crippen LogP contribution in [-0.4, -0.2) is 48.4 Å². The Bertz CT molecular complexity index is 1250. The van der Waals surface area contributed by atoms with E-state index in [9.17, 15) is 14.9 Å². The van der Waals surface area contributed by atoms with Gasteiger partial charge in [0.05, 0.1) is 5.69 Å². The molecule has 198 valence electrons. The first-order chi connectivity index (χ1) is 17.2. The Hall–Kier alpha value is -4.20. The van der Waals surface area contributed by atoms with Gasteiger partial charge >= 0.3 is 11.9 Å². The highest BCUT2D eigenvalue weighted by atomic mass is 16.6. The molecule has 0 radical (unpaired) electrons. The van der Waals surface area contributed by atoms with Gasteiger partial charge in [-0.1, -0.05) is 0 Å². The SMILES string of the molecule is CNc1c(C#N)c(N)nc2c1Cc1cc(OCC(=O)OC(C)(C)C)c(OCC(=O)OC(C)(C)C)cc1O2. The van der Waals surface area contributed by atoms with Gasteiger partial charge in [-0.15, -0.1) is 0 Å². The fourth-order valence-corrected chi connectivity index (χ4v) is 3.61. The second-order valence-corrected chi connectivity index (χ2v) is 10.3. The van der Waals surface area contributed by atoms with Crippen molar-refractivity contribution in [3.8, 4) is 29.2 Å². The van der Waals surface area contributed by atoms with Gasteiger partial charge < -0.3 is 34.7 Å². The summed E-state index contributed by atoms with van der Waals surface area (Å²) in [5.41, 5.74) is 6.64. The number of aromatic nitrogens is 1. The quantitative estimate of drug-likeness (QED) is 0.445. The van der Waals surface area contributed by atoms with Crippen LogP contribution in [0.3, 0.4) is 0 Å². The Kier molecular flexibility index (Phi) is 7.71. The third-order valence-corrected chi connectivity index (χ3v) is 4.88. The van der Waals surface area contributed by atoms with Crippen LogP contribution >= 0.6 is 0 Å². The maximum atomic E-state index is 12.3. The van der Waals surface area contributed by atoms with E-state index >= 15 is 0 Å². The summed E-state index contributed by atoms with van der Waals surface area (Å²) in [5.74, 6) is -0.105. The van der Waals surface area contributed by atoms with Gasteiger partial charge in [0.15, 0.2) is 24.7 Å². The fraction of sp³-hybridized carbons (Fsp3) is 0.462. The van der Waals surface area contributed by atoms with Gasteiger partial charge in [0, 0.05) is 30.7 Å². The number of nitrogens with two attached hydrogens (primary N) is 1. The van der Waals surface area contributed by atoms with E-state index < -0.39 is 29.7 Å². The summed E-state index contributed by atoms with van der Waals surface area (Å²) < 4.78 is 28.1. The molecule has 37 heavy (non-hydrogen) atoms. The lowest BCUT2D eigenvalue weighted by Crippen LogP contribution is -2.28. The van der Waals surface area contributed by atoms with Crippen LogP contribution in [0.1, 0.15) is 58.2 Å². The first-order valence-corrected chi connectivity index (χ1v) is 11.6. The minimum absolute atomic E-state index is 0.0350. The highest BCUT2D eigenvalue weighted by Gasteiger charge is 2.28. The molecule has 0 saturated heterocycles. The zero-order valence-corrected chi connectivity index (χ0v) is 22.1. The number of benzene rings is 1. The van der Waals surface area contributed by atoms with Crippen molar-refractivity contribution in [2.75, 3.05) is 31.3 Å². The number of rotatable bonds is 7. The summed E-state index contributed by atoms with van der Waals surface area (Å²) >= 11 is 0. The summed E-state index contributed by atoms with van der Waals surface area (Å²) in [5, 5.41) is 12.5. The van der Waals surface area contributed by atoms with E-state index in [0.717, 1.165) is 0 Å². The molecule has 1 aliphatic rings. The number of hydrogen-bond donors (Lipinski definition) is 2. The molecule has 0 saturated carbocycles. The number of esters is 2. The van der Waals surface area contributed by atoms with Crippen molar-refractivity contribution in [1.29, 1.82) is 5.26 Å². The van der Waals surface area contributed by atoms with Crippen molar-refractivity contribution in [3.63, 3.8) is 0 Å². The standard InChI is InChI=1S/C26H32N4O7/c1-25(2,3)36-20(31)12-33-18-9-14-8-15-22(29-7)16(11-27)23(28)30-24(15)35-17(14)10-19(18)34-13-21(32)37-26(4,5)6/h9-10H,8,12-13H2,1-7H3,(H3,28,29,30). The number of pyridine rings is 1. The Morgan fingerprint density at radius 1 is 1.05 bits per heavy atom. The number of nitrogens with zero attached hydrogens (tertiary/aromatic N) is 2. The lowest BCUT2D eigenvalue weighted by atomic mass is 9.98. The Morgan fingerprint density at radius 3 is 2.08 bits per heavy atom. The molecule has 0 spiro atoms. The van der Waals surface area contributed by atoms with Crippen LogP contribution in [0.25, 0.3) is 0 Å². The van der Waals surface area contributed by atoms with Gasteiger partial charge in [0.2, 0.25) is 5.88 Å². The van der Waals surface area contributed by atoms with E-state index in [-0.39, 0.29) is 35.4 Å². The van der Waals surface area contributed by atoms with E-state index in [1.807, 2.05) is 0 Å². The molecule has 0 unspecified atom stereocenters. The number of fused-ring (bicyclic) bond motifs is 2. The van der Waals surface area contributed by atoms with Crippen LogP contribution in [0.4, 0.5) is 11.5 Å². The van der Waals surface area contributed by atoms with Crippen LogP contribution in [0.2, 0.25) is 0 Å². The summed E-state index contributed by atoms with van der Waals surface area (Å²) in [4.78, 5) is 28.7. The van der Waals surface area contributed by atoms with Crippen LogP contribution in [0.5, 0.6) is 23.1 Å². The molecule has 1 aromatic heterocycles. The molecule has 1 aliphatic heterocycles. The van der Waals surface area contributed by atoms with Crippen molar-refractivity contribution in [3.05, 3.63) is 28.8 Å². The Labute approximate surface area is 215 Å². The second kappa shape index (κ2) is 10.4. The third-order valence-electron chi connectivity index (χ3n) is 4.88. The third kappa shape index (κ3) is 6.94. The van der Waals surface area contributed by atoms with Crippen LogP contribution in [-0.2, 0) is 25.5 Å². The number of carbonyl (C=O) groups is 2. The van der Waals surface area contributed by atoms with E-state index in [1.165, 1.54) is 0 Å². The number of nitrogen functional groups attached to an aromatic ring is 1. The number of nitrogens with one attached hydrogen (secondary N) is 1. The number of carbonyl (C=O) groups excluding carboxylic acids is 2. The largest absolute Gasteiger partial charge is 0.478 e. The number of anilines is 2. The monoisotopic (exact) mass is 512 g/mol. The predicted molar refractivity (Wildman–Crippen MR) is 135 cm³/mol. The van der Waals surface area contributed by atoms with E-state index in [4.69, 9.17) is 29.4 Å². The lowest BCUT2D eigenvalue weighted by Gasteiger charge is -2.25. The molecule has 0 bridgehead atoms. The van der Waals surface area contributed by atoms with Gasteiger partial charge in [-0.2, -0.15) is 10.2 Å². The molecule has 11 heteroatoms. The maximum Gasteiger partial charge on any atom is 0.344 e. The van der Waals surface area contributed by atoms with Crippen LogP contribution < -0.4 is 25.3 Å². The van der Waals surface area contributed by atoms with Crippen molar-refractivity contribution in [1.82, 2.24) is 4.98 Å². The summed E-state index contributed by atoms with van der Waals surface area (Å²) in [6, 6.07) is 5.25. The lowest BCUT2D eigenvalue weighted by molar-refractivity contribution is -0.158. The normalized spacial score (nSPS) is 12.3. The van der Waals surface area contributed by atoms with Gasteiger partial charge in [0.1, 0.15) is 34.4 Å². The summed E-state index contributed by atoms with van der Waals surface area (Å²) in [7, 11) is 1.67. The topological polar surface area (TPSA) is 155 Å². The van der Waals surface area contributed by atoms with Crippen molar-refractivity contribution < 1.29 is 33.3 Å². The van der Waals surface area contributed by atoms with Gasteiger partial charge in [-0.3, -0.25) is 0 Å². The average molecular weight is 513 g/mol. The van der Waals surface area contributed by atoms with Crippen LogP contribution in [0.15, 0.2) is 12.1 Å². The van der Waals surface area contributed by atoms with Crippen molar-refractivity contribution in [2.24, 2.45) is 0 Å². The molecule has 2 heterocycles. The molecule has 0 fully saturated rings. The molecule has 0 aliphatic carbocycles. The number of hydrogen-bond acceptors (Lipinski definition) is 11. The molecule has 1 aromatic carbocycles. The Morgan fingerprint density at radius 2 is 1.59 bits per heavy atom. The first-order valence-electron chi connectivity index (χ1n) is 11.6. The highest BCUT2D eigenvalue weighted by molar-refractivity contribution is 5.75. The van der Waals surface area contributed by atoms with E-state index in [2.05, 4.69) is 16.4 Å². The second-order valence-electron chi connectivity index (χ2n) is 10.3. The molecular formula is C26H32N4O7.